The molecule has 12 heteroatoms. The lowest BCUT2D eigenvalue weighted by atomic mass is 10.2. The highest BCUT2D eigenvalue weighted by molar-refractivity contribution is 6.33. The van der Waals surface area contributed by atoms with Gasteiger partial charge in [0.15, 0.2) is 5.78 Å². The van der Waals surface area contributed by atoms with Gasteiger partial charge in [-0.25, -0.2) is 4.98 Å². The minimum absolute atomic E-state index is 0.0958. The number of aryl methyl sites for hydroxylation is 1. The predicted molar refractivity (Wildman–Crippen MR) is 152 cm³/mol. The topological polar surface area (TPSA) is 75.5 Å². The molecule has 5 rings (SSSR count). The summed E-state index contributed by atoms with van der Waals surface area (Å²) in [7, 11) is 3.84. The molecule has 0 radical (unpaired) electrons. The average molecular weight is 587 g/mol. The number of nitrogens with zero attached hydrogens (tertiary/aromatic N) is 5. The molecule has 2 aromatic carbocycles. The first-order valence-electron chi connectivity index (χ1n) is 13.2. The van der Waals surface area contributed by atoms with Crippen LogP contribution in [-0.2, 0) is 24.4 Å². The van der Waals surface area contributed by atoms with Gasteiger partial charge in [0.05, 0.1) is 46.0 Å². The molecule has 1 saturated heterocycles. The number of ketones is 1. The molecule has 1 N–H and O–H groups in total. The number of carbonyl (C=O) groups is 1. The molecule has 3 heterocycles. The van der Waals surface area contributed by atoms with Crippen LogP contribution in [-0.4, -0.2) is 69.9 Å². The Bertz CT molecular complexity index is 1560. The molecule has 216 valence electrons. The van der Waals surface area contributed by atoms with Crippen molar-refractivity contribution in [3.05, 3.63) is 71.0 Å². The largest absolute Gasteiger partial charge is 0.457 e. The number of fused-ring (bicyclic) bond motifs is 1. The van der Waals surface area contributed by atoms with Gasteiger partial charge in [-0.05, 0) is 63.0 Å². The molecule has 8 nitrogen and oxygen atoms in total. The van der Waals surface area contributed by atoms with E-state index in [2.05, 4.69) is 32.1 Å². The second-order valence-corrected chi connectivity index (χ2v) is 10.6. The Morgan fingerprint density at radius 2 is 1.83 bits per heavy atom. The molecule has 0 bridgehead atoms. The van der Waals surface area contributed by atoms with E-state index in [0.717, 1.165) is 50.2 Å². The second kappa shape index (κ2) is 12.1. The van der Waals surface area contributed by atoms with Crippen molar-refractivity contribution < 1.29 is 22.7 Å². The fraction of sp³-hybridized carbons (Fsp3) is 0.345. The molecule has 1 aliphatic rings. The van der Waals surface area contributed by atoms with Gasteiger partial charge in [-0.3, -0.25) is 14.7 Å². The van der Waals surface area contributed by atoms with E-state index in [0.29, 0.717) is 35.2 Å². The first-order valence-corrected chi connectivity index (χ1v) is 13.6. The number of likely N-dealkylation sites (N-methyl/N-ethyl adjacent to an activating group) is 1. The average Bonchev–Trinajstić information content (AvgIpc) is 3.06. The number of anilines is 2. The molecule has 0 saturated carbocycles. The first-order chi connectivity index (χ1) is 19.5. The number of nitrogens with one attached hydrogen (secondary N) is 1. The van der Waals surface area contributed by atoms with E-state index in [9.17, 15) is 18.0 Å². The summed E-state index contributed by atoms with van der Waals surface area (Å²) in [6, 6.07) is 11.9. The highest BCUT2D eigenvalue weighted by Crippen LogP contribution is 2.35. The standard InChI is InChI=1S/C29H30ClF3N6O2/c1-37-10-3-11-39(13-12-37)18-21(40)15-20-16-23(8-9-34-20)41-22-5-7-27-26(17-22)36-28(38(27)2)35-25-14-19(29(31,32)33)4-6-24(25)30/h4-9,14,16-17H,3,10-13,15,18H2,1-2H3,(H,35,36). The Balaban J connectivity index is 1.27. The number of imidazole rings is 1. The van der Waals surface area contributed by atoms with Crippen molar-refractivity contribution in [3.63, 3.8) is 0 Å². The summed E-state index contributed by atoms with van der Waals surface area (Å²) in [5.74, 6) is 1.47. The highest BCUT2D eigenvalue weighted by atomic mass is 35.5. The third-order valence-corrected chi connectivity index (χ3v) is 7.34. The zero-order valence-corrected chi connectivity index (χ0v) is 23.5. The molecule has 2 aromatic heterocycles. The minimum Gasteiger partial charge on any atom is -0.457 e. The maximum absolute atomic E-state index is 13.2. The molecule has 4 aromatic rings. The maximum Gasteiger partial charge on any atom is 0.416 e. The van der Waals surface area contributed by atoms with E-state index in [1.165, 1.54) is 6.07 Å². The van der Waals surface area contributed by atoms with Crippen LogP contribution in [0.15, 0.2) is 54.7 Å². The number of benzene rings is 2. The van der Waals surface area contributed by atoms with Crippen LogP contribution in [0.5, 0.6) is 11.5 Å². The number of halogens is 4. The minimum atomic E-state index is -4.50. The van der Waals surface area contributed by atoms with E-state index in [-0.39, 0.29) is 22.9 Å². The van der Waals surface area contributed by atoms with Crippen molar-refractivity contribution in [1.82, 2.24) is 24.3 Å². The molecule has 41 heavy (non-hydrogen) atoms. The van der Waals surface area contributed by atoms with Crippen LogP contribution in [0, 0.1) is 0 Å². The summed E-state index contributed by atoms with van der Waals surface area (Å²) in [5, 5.41) is 3.04. The highest BCUT2D eigenvalue weighted by Gasteiger charge is 2.31. The third kappa shape index (κ3) is 7.16. The van der Waals surface area contributed by atoms with Gasteiger partial charge < -0.3 is 19.5 Å². The predicted octanol–water partition coefficient (Wildman–Crippen LogP) is 5.93. The summed E-state index contributed by atoms with van der Waals surface area (Å²) in [5.41, 5.74) is 1.22. The van der Waals surface area contributed by atoms with Crippen molar-refractivity contribution in [3.8, 4) is 11.5 Å². The third-order valence-electron chi connectivity index (χ3n) is 7.01. The Hall–Kier alpha value is -3.67. The SMILES string of the molecule is CN1CCCN(CC(=O)Cc2cc(Oc3ccc4c(c3)nc(Nc3cc(C(F)(F)F)ccc3Cl)n4C)ccn2)CC1. The van der Waals surface area contributed by atoms with Gasteiger partial charge in [0.25, 0.3) is 0 Å². The monoisotopic (exact) mass is 586 g/mol. The summed E-state index contributed by atoms with van der Waals surface area (Å²) < 4.78 is 47.3. The van der Waals surface area contributed by atoms with Crippen LogP contribution in [0.2, 0.25) is 5.02 Å². The van der Waals surface area contributed by atoms with Gasteiger partial charge in [-0.2, -0.15) is 13.2 Å². The van der Waals surface area contributed by atoms with Gasteiger partial charge in [0.1, 0.15) is 11.5 Å². The molecule has 0 amide bonds. The number of alkyl halides is 3. The van der Waals surface area contributed by atoms with Gasteiger partial charge in [0.2, 0.25) is 5.95 Å². The van der Waals surface area contributed by atoms with Crippen molar-refractivity contribution in [2.75, 3.05) is 45.1 Å². The van der Waals surface area contributed by atoms with Crippen LogP contribution in [0.3, 0.4) is 0 Å². The van der Waals surface area contributed by atoms with Crippen LogP contribution >= 0.6 is 11.6 Å². The first kappa shape index (κ1) is 28.8. The zero-order valence-electron chi connectivity index (χ0n) is 22.7. The van der Waals surface area contributed by atoms with E-state index in [4.69, 9.17) is 16.3 Å². The summed E-state index contributed by atoms with van der Waals surface area (Å²) >= 11 is 6.15. The van der Waals surface area contributed by atoms with Crippen molar-refractivity contribution >= 4 is 40.1 Å². The number of aromatic nitrogens is 3. The fourth-order valence-electron chi connectivity index (χ4n) is 4.79. The number of carbonyl (C=O) groups excluding carboxylic acids is 1. The summed E-state index contributed by atoms with van der Waals surface area (Å²) in [6.07, 6.45) is -1.62. The van der Waals surface area contributed by atoms with E-state index < -0.39 is 11.7 Å². The number of pyridine rings is 1. The van der Waals surface area contributed by atoms with Crippen molar-refractivity contribution in [2.24, 2.45) is 7.05 Å². The lowest BCUT2D eigenvalue weighted by Crippen LogP contribution is -2.34. The molecule has 1 aliphatic heterocycles. The van der Waals surface area contributed by atoms with Crippen LogP contribution in [0.4, 0.5) is 24.8 Å². The number of hydrogen-bond donors (Lipinski definition) is 1. The molecule has 0 aliphatic carbocycles. The quantitative estimate of drug-likeness (QED) is 0.274. The molecular weight excluding hydrogens is 557 g/mol. The molecule has 0 spiro atoms. The van der Waals surface area contributed by atoms with Gasteiger partial charge in [-0.1, -0.05) is 11.6 Å². The number of ether oxygens (including phenoxy) is 1. The Kier molecular flexibility index (Phi) is 8.48. The number of rotatable bonds is 8. The summed E-state index contributed by atoms with van der Waals surface area (Å²) in [4.78, 5) is 26.1. The molecule has 0 atom stereocenters. The van der Waals surface area contributed by atoms with E-state index >= 15 is 0 Å². The zero-order chi connectivity index (χ0) is 29.1. The normalized spacial score (nSPS) is 15.2. The van der Waals surface area contributed by atoms with Gasteiger partial charge >= 0.3 is 6.18 Å². The van der Waals surface area contributed by atoms with E-state index in [1.807, 2.05) is 0 Å². The Labute approximate surface area is 240 Å². The van der Waals surface area contributed by atoms with Crippen LogP contribution < -0.4 is 10.1 Å². The second-order valence-electron chi connectivity index (χ2n) is 10.2. The smallest absolute Gasteiger partial charge is 0.416 e. The maximum atomic E-state index is 13.2. The lowest BCUT2D eigenvalue weighted by Gasteiger charge is -2.19. The van der Waals surface area contributed by atoms with Gasteiger partial charge in [0, 0.05) is 38.5 Å². The summed E-state index contributed by atoms with van der Waals surface area (Å²) in [6.45, 7) is 4.18. The molecule has 1 fully saturated rings. The molecular formula is C29H30ClF3N6O2. The molecule has 0 unspecified atom stereocenters. The van der Waals surface area contributed by atoms with E-state index in [1.54, 1.807) is 48.1 Å². The number of Topliss-reactive ketones (excluding diaryl/α,β-unsaturated/α-hetero) is 1. The lowest BCUT2D eigenvalue weighted by molar-refractivity contribution is -0.137. The Morgan fingerprint density at radius 3 is 2.63 bits per heavy atom. The number of hydrogen-bond acceptors (Lipinski definition) is 7. The van der Waals surface area contributed by atoms with Crippen molar-refractivity contribution in [2.45, 2.75) is 19.0 Å². The van der Waals surface area contributed by atoms with Crippen LogP contribution in [0.1, 0.15) is 17.7 Å². The van der Waals surface area contributed by atoms with Gasteiger partial charge in [-0.15, -0.1) is 0 Å². The van der Waals surface area contributed by atoms with Crippen LogP contribution in [0.25, 0.3) is 11.0 Å². The fourth-order valence-corrected chi connectivity index (χ4v) is 4.96. The Morgan fingerprint density at radius 1 is 1.02 bits per heavy atom. The van der Waals surface area contributed by atoms with Crippen molar-refractivity contribution in [1.29, 1.82) is 0 Å².